The highest BCUT2D eigenvalue weighted by molar-refractivity contribution is 5.87. The van der Waals surface area contributed by atoms with Crippen LogP contribution >= 0.6 is 0 Å². The first-order valence-electron chi connectivity index (χ1n) is 6.28. The van der Waals surface area contributed by atoms with Gasteiger partial charge in [-0.25, -0.2) is 4.79 Å². The van der Waals surface area contributed by atoms with Crippen LogP contribution < -0.4 is 0 Å². The molecule has 0 heterocycles. The number of aliphatic hydroxyl groups is 3. The molecule has 0 amide bonds. The van der Waals surface area contributed by atoms with Crippen molar-refractivity contribution in [1.82, 2.24) is 0 Å². The van der Waals surface area contributed by atoms with E-state index in [0.717, 1.165) is 6.08 Å². The third-order valence-corrected chi connectivity index (χ3v) is 2.71. The van der Waals surface area contributed by atoms with Crippen LogP contribution in [0.15, 0.2) is 24.3 Å². The van der Waals surface area contributed by atoms with Crippen molar-refractivity contribution in [3.63, 3.8) is 0 Å². The molecule has 1 aromatic rings. The van der Waals surface area contributed by atoms with Gasteiger partial charge < -0.3 is 30.3 Å². The summed E-state index contributed by atoms with van der Waals surface area (Å²) in [5, 5.41) is 45.5. The van der Waals surface area contributed by atoms with Gasteiger partial charge in [-0.1, -0.05) is 6.07 Å². The van der Waals surface area contributed by atoms with Crippen LogP contribution in [0, 0.1) is 0 Å². The number of carbonyl (C=O) groups is 1. The van der Waals surface area contributed by atoms with Crippen molar-refractivity contribution in [3.8, 4) is 11.5 Å². The van der Waals surface area contributed by atoms with Gasteiger partial charge >= 0.3 is 5.97 Å². The fourth-order valence-electron chi connectivity index (χ4n) is 1.57. The number of aromatic hydroxyl groups is 2. The first-order chi connectivity index (χ1) is 9.97. The molecule has 21 heavy (non-hydrogen) atoms. The molecule has 0 saturated heterocycles. The minimum Gasteiger partial charge on any atom is -0.504 e. The number of rotatable bonds is 7. The van der Waals surface area contributed by atoms with Crippen LogP contribution in [-0.2, 0) is 9.53 Å². The summed E-state index contributed by atoms with van der Waals surface area (Å²) in [6, 6.07) is 4.00. The van der Waals surface area contributed by atoms with Crippen LogP contribution in [-0.4, -0.2) is 56.9 Å². The lowest BCUT2D eigenvalue weighted by Crippen LogP contribution is -2.34. The molecular formula is C14H18O7. The van der Waals surface area contributed by atoms with Gasteiger partial charge in [-0.05, 0) is 23.8 Å². The molecule has 0 radical (unpaired) electrons. The molecule has 1 rings (SSSR count). The van der Waals surface area contributed by atoms with Crippen LogP contribution in [0.4, 0.5) is 0 Å². The van der Waals surface area contributed by atoms with Crippen LogP contribution in [0.1, 0.15) is 12.0 Å². The number of benzene rings is 1. The standard InChI is InChI=1S/C14H18O7/c15-6-5-13(12(19)8-16)21-14(20)4-2-9-1-3-10(17)11(18)7-9/h1-4,7,12-13,15-19H,5-6,8H2/b4-2+. The van der Waals surface area contributed by atoms with Gasteiger partial charge in [-0.15, -0.1) is 0 Å². The molecule has 0 aromatic heterocycles. The first-order valence-corrected chi connectivity index (χ1v) is 6.28. The van der Waals surface area contributed by atoms with E-state index in [1.807, 2.05) is 0 Å². The highest BCUT2D eigenvalue weighted by atomic mass is 16.6. The Bertz CT molecular complexity index is 498. The highest BCUT2D eigenvalue weighted by Crippen LogP contribution is 2.25. The average Bonchev–Trinajstić information content (AvgIpc) is 2.47. The summed E-state index contributed by atoms with van der Waals surface area (Å²) in [6.07, 6.45) is 0.141. The molecule has 0 aliphatic rings. The smallest absolute Gasteiger partial charge is 0.331 e. The van der Waals surface area contributed by atoms with Crippen molar-refractivity contribution in [2.45, 2.75) is 18.6 Å². The molecule has 0 bridgehead atoms. The quantitative estimate of drug-likeness (QED) is 0.267. The normalized spacial score (nSPS) is 14.0. The number of hydrogen-bond acceptors (Lipinski definition) is 7. The summed E-state index contributed by atoms with van der Waals surface area (Å²) >= 11 is 0. The van der Waals surface area contributed by atoms with E-state index in [2.05, 4.69) is 0 Å². The largest absolute Gasteiger partial charge is 0.504 e. The Morgan fingerprint density at radius 1 is 1.24 bits per heavy atom. The molecule has 1 aromatic carbocycles. The predicted molar refractivity (Wildman–Crippen MR) is 73.5 cm³/mol. The number of aliphatic hydroxyl groups excluding tert-OH is 3. The molecule has 0 aliphatic heterocycles. The lowest BCUT2D eigenvalue weighted by molar-refractivity contribution is -0.151. The van der Waals surface area contributed by atoms with Crippen molar-refractivity contribution in [2.24, 2.45) is 0 Å². The maximum Gasteiger partial charge on any atom is 0.331 e. The zero-order valence-corrected chi connectivity index (χ0v) is 11.2. The van der Waals surface area contributed by atoms with E-state index in [4.69, 9.17) is 20.1 Å². The molecule has 2 atom stereocenters. The predicted octanol–water partition coefficient (Wildman–Crippen LogP) is -0.242. The first kappa shape index (κ1) is 17.0. The maximum absolute atomic E-state index is 11.6. The summed E-state index contributed by atoms with van der Waals surface area (Å²) in [5.74, 6) is -1.36. The van der Waals surface area contributed by atoms with Crippen LogP contribution in [0.5, 0.6) is 11.5 Å². The van der Waals surface area contributed by atoms with Gasteiger partial charge in [0, 0.05) is 19.1 Å². The van der Waals surface area contributed by atoms with Crippen LogP contribution in [0.2, 0.25) is 0 Å². The minimum absolute atomic E-state index is 0.00129. The SMILES string of the molecule is O=C(/C=C/c1ccc(O)c(O)c1)OC(CCO)C(O)CO. The summed E-state index contributed by atoms with van der Waals surface area (Å²) in [6.45, 7) is -0.891. The topological polar surface area (TPSA) is 127 Å². The van der Waals surface area contributed by atoms with Crippen molar-refractivity contribution in [2.75, 3.05) is 13.2 Å². The van der Waals surface area contributed by atoms with E-state index < -0.39 is 24.8 Å². The second-order valence-corrected chi connectivity index (χ2v) is 4.32. The molecule has 0 spiro atoms. The second kappa shape index (κ2) is 8.25. The van der Waals surface area contributed by atoms with Gasteiger partial charge in [0.25, 0.3) is 0 Å². The zero-order chi connectivity index (χ0) is 15.8. The fraction of sp³-hybridized carbons (Fsp3) is 0.357. The number of ether oxygens (including phenoxy) is 1. The van der Waals surface area contributed by atoms with E-state index >= 15 is 0 Å². The summed E-state index contributed by atoms with van der Waals surface area (Å²) < 4.78 is 4.91. The minimum atomic E-state index is -1.27. The van der Waals surface area contributed by atoms with E-state index in [9.17, 15) is 15.0 Å². The number of hydrogen-bond donors (Lipinski definition) is 5. The fourth-order valence-corrected chi connectivity index (χ4v) is 1.57. The molecule has 5 N–H and O–H groups in total. The van der Waals surface area contributed by atoms with Crippen molar-refractivity contribution in [3.05, 3.63) is 29.8 Å². The van der Waals surface area contributed by atoms with Gasteiger partial charge in [0.2, 0.25) is 0 Å². The van der Waals surface area contributed by atoms with Gasteiger partial charge in [0.05, 0.1) is 6.61 Å². The van der Waals surface area contributed by atoms with Crippen molar-refractivity contribution < 1.29 is 35.1 Å². The van der Waals surface area contributed by atoms with Crippen LogP contribution in [0.3, 0.4) is 0 Å². The Hall–Kier alpha value is -2.09. The van der Waals surface area contributed by atoms with Crippen LogP contribution in [0.25, 0.3) is 6.08 Å². The van der Waals surface area contributed by atoms with Crippen molar-refractivity contribution >= 4 is 12.0 Å². The third kappa shape index (κ3) is 5.42. The van der Waals surface area contributed by atoms with E-state index in [0.29, 0.717) is 5.56 Å². The lowest BCUT2D eigenvalue weighted by atomic mass is 10.1. The summed E-state index contributed by atoms with van der Waals surface area (Å²) in [5.41, 5.74) is 0.462. The van der Waals surface area contributed by atoms with Gasteiger partial charge in [-0.3, -0.25) is 0 Å². The van der Waals surface area contributed by atoms with Gasteiger partial charge in [-0.2, -0.15) is 0 Å². The summed E-state index contributed by atoms with van der Waals surface area (Å²) in [7, 11) is 0. The highest BCUT2D eigenvalue weighted by Gasteiger charge is 2.21. The molecule has 0 saturated carbocycles. The Morgan fingerprint density at radius 3 is 2.52 bits per heavy atom. The van der Waals surface area contributed by atoms with Gasteiger partial charge in [0.15, 0.2) is 11.5 Å². The molecule has 0 fully saturated rings. The Kier molecular flexibility index (Phi) is 6.67. The van der Waals surface area contributed by atoms with E-state index in [1.165, 1.54) is 24.3 Å². The molecule has 0 aliphatic carbocycles. The Labute approximate surface area is 121 Å². The number of esters is 1. The molecule has 2 unspecified atom stereocenters. The lowest BCUT2D eigenvalue weighted by Gasteiger charge is -2.20. The zero-order valence-electron chi connectivity index (χ0n) is 11.2. The number of phenolic OH excluding ortho intramolecular Hbond substituents is 2. The third-order valence-electron chi connectivity index (χ3n) is 2.71. The number of phenols is 2. The molecule has 116 valence electrons. The van der Waals surface area contributed by atoms with Crippen molar-refractivity contribution in [1.29, 1.82) is 0 Å². The number of carbonyl (C=O) groups excluding carboxylic acids is 1. The Balaban J connectivity index is 2.66. The monoisotopic (exact) mass is 298 g/mol. The molecular weight excluding hydrogens is 280 g/mol. The maximum atomic E-state index is 11.6. The van der Waals surface area contributed by atoms with Gasteiger partial charge in [0.1, 0.15) is 12.2 Å². The summed E-state index contributed by atoms with van der Waals surface area (Å²) in [4.78, 5) is 11.6. The molecule has 7 nitrogen and oxygen atoms in total. The second-order valence-electron chi connectivity index (χ2n) is 4.32. The Morgan fingerprint density at radius 2 is 1.95 bits per heavy atom. The average molecular weight is 298 g/mol. The van der Waals surface area contributed by atoms with E-state index in [-0.39, 0.29) is 24.5 Å². The van der Waals surface area contributed by atoms with E-state index in [1.54, 1.807) is 0 Å². The molecule has 7 heteroatoms.